The average molecular weight is 288 g/mol. The van der Waals surface area contributed by atoms with Crippen molar-refractivity contribution < 1.29 is 9.66 Å². The van der Waals surface area contributed by atoms with Crippen LogP contribution in [0, 0.1) is 10.1 Å². The Morgan fingerprint density at radius 3 is 2.76 bits per heavy atom. The Balaban J connectivity index is 2.16. The molecular weight excluding hydrogens is 272 g/mol. The second-order valence-corrected chi connectivity index (χ2v) is 4.34. The van der Waals surface area contributed by atoms with Crippen molar-refractivity contribution in [2.24, 2.45) is 0 Å². The zero-order valence-electron chi connectivity index (χ0n) is 11.7. The van der Waals surface area contributed by atoms with Gasteiger partial charge in [-0.1, -0.05) is 37.3 Å². The molecule has 1 aromatic heterocycles. The van der Waals surface area contributed by atoms with E-state index in [1.807, 2.05) is 37.3 Å². The third-order valence-corrected chi connectivity index (χ3v) is 2.68. The zero-order chi connectivity index (χ0) is 15.1. The summed E-state index contributed by atoms with van der Waals surface area (Å²) in [5.74, 6) is 0.294. The van der Waals surface area contributed by atoms with Crippen LogP contribution in [0.4, 0.5) is 11.6 Å². The number of hydrogen-bond acceptors (Lipinski definition) is 6. The molecule has 21 heavy (non-hydrogen) atoms. The summed E-state index contributed by atoms with van der Waals surface area (Å²) in [7, 11) is 0. The minimum Gasteiger partial charge on any atom is -0.468 e. The molecule has 0 unspecified atom stereocenters. The van der Waals surface area contributed by atoms with E-state index in [0.29, 0.717) is 12.5 Å². The van der Waals surface area contributed by atoms with E-state index in [0.717, 1.165) is 18.2 Å². The second-order valence-electron chi connectivity index (χ2n) is 4.34. The van der Waals surface area contributed by atoms with Gasteiger partial charge < -0.3 is 10.1 Å². The molecule has 7 nitrogen and oxygen atoms in total. The summed E-state index contributed by atoms with van der Waals surface area (Å²) in [5, 5.41) is 14.0. The number of benzene rings is 1. The predicted octanol–water partition coefficient (Wildman–Crippen LogP) is 2.79. The first-order valence-electron chi connectivity index (χ1n) is 6.62. The third-order valence-electron chi connectivity index (χ3n) is 2.68. The fourth-order valence-corrected chi connectivity index (χ4v) is 1.64. The summed E-state index contributed by atoms with van der Waals surface area (Å²) in [6.45, 7) is 2.91. The van der Waals surface area contributed by atoms with Crippen LogP contribution in [-0.4, -0.2) is 21.4 Å². The Hall–Kier alpha value is -2.70. The van der Waals surface area contributed by atoms with Gasteiger partial charge in [-0.3, -0.25) is 10.1 Å². The van der Waals surface area contributed by atoms with Crippen molar-refractivity contribution in [2.45, 2.75) is 20.0 Å². The molecule has 0 fully saturated rings. The van der Waals surface area contributed by atoms with Crippen molar-refractivity contribution >= 4 is 11.6 Å². The minimum atomic E-state index is -0.552. The highest BCUT2D eigenvalue weighted by molar-refractivity contribution is 5.43. The van der Waals surface area contributed by atoms with Gasteiger partial charge in [0.2, 0.25) is 5.95 Å². The highest BCUT2D eigenvalue weighted by Gasteiger charge is 2.19. The molecule has 0 bridgehead atoms. The smallest absolute Gasteiger partial charge is 0.349 e. The number of nitro groups is 1. The van der Waals surface area contributed by atoms with Gasteiger partial charge in [-0.25, -0.2) is 4.98 Å². The van der Waals surface area contributed by atoms with Crippen molar-refractivity contribution in [2.75, 3.05) is 11.9 Å². The molecule has 0 radical (unpaired) electrons. The van der Waals surface area contributed by atoms with E-state index < -0.39 is 4.92 Å². The van der Waals surface area contributed by atoms with Crippen molar-refractivity contribution in [1.82, 2.24) is 9.97 Å². The molecule has 0 saturated heterocycles. The number of rotatable bonds is 7. The molecule has 1 N–H and O–H groups in total. The maximum absolute atomic E-state index is 11.0. The Bertz CT molecular complexity index is 604. The van der Waals surface area contributed by atoms with Crippen molar-refractivity contribution in [3.63, 3.8) is 0 Å². The van der Waals surface area contributed by atoms with E-state index in [1.54, 1.807) is 0 Å². The van der Waals surface area contributed by atoms with E-state index in [9.17, 15) is 10.1 Å². The van der Waals surface area contributed by atoms with E-state index in [-0.39, 0.29) is 18.2 Å². The summed E-state index contributed by atoms with van der Waals surface area (Å²) in [4.78, 5) is 18.4. The average Bonchev–Trinajstić information content (AvgIpc) is 2.51. The van der Waals surface area contributed by atoms with Crippen molar-refractivity contribution in [3.8, 4) is 5.88 Å². The fraction of sp³-hybridized carbons (Fsp3) is 0.286. The molecule has 0 aliphatic rings. The molecule has 0 aliphatic heterocycles. The number of anilines is 1. The summed E-state index contributed by atoms with van der Waals surface area (Å²) in [5.41, 5.74) is 0.668. The lowest BCUT2D eigenvalue weighted by Crippen LogP contribution is -2.07. The van der Waals surface area contributed by atoms with Gasteiger partial charge in [0.15, 0.2) is 0 Å². The lowest BCUT2D eigenvalue weighted by atomic mass is 10.2. The van der Waals surface area contributed by atoms with Crippen LogP contribution in [0.25, 0.3) is 0 Å². The predicted molar refractivity (Wildman–Crippen MR) is 78.2 cm³/mol. The van der Waals surface area contributed by atoms with Gasteiger partial charge in [0.1, 0.15) is 12.8 Å². The molecule has 0 amide bonds. The van der Waals surface area contributed by atoms with Crippen LogP contribution in [-0.2, 0) is 6.61 Å². The number of ether oxygens (including phenoxy) is 1. The Morgan fingerprint density at radius 1 is 1.33 bits per heavy atom. The van der Waals surface area contributed by atoms with Crippen molar-refractivity contribution in [3.05, 3.63) is 52.2 Å². The molecule has 1 heterocycles. The van der Waals surface area contributed by atoms with Crippen LogP contribution >= 0.6 is 0 Å². The fourth-order valence-electron chi connectivity index (χ4n) is 1.64. The topological polar surface area (TPSA) is 90.2 Å². The molecule has 110 valence electrons. The van der Waals surface area contributed by atoms with Gasteiger partial charge in [0.25, 0.3) is 5.88 Å². The van der Waals surface area contributed by atoms with Crippen LogP contribution in [0.3, 0.4) is 0 Å². The molecule has 7 heteroatoms. The molecule has 0 spiro atoms. The maximum Gasteiger partial charge on any atom is 0.349 e. The Morgan fingerprint density at radius 2 is 2.10 bits per heavy atom. The summed E-state index contributed by atoms with van der Waals surface area (Å²) in [6.07, 6.45) is 2.06. The third kappa shape index (κ3) is 4.13. The molecule has 2 rings (SSSR count). The summed E-state index contributed by atoms with van der Waals surface area (Å²) < 4.78 is 5.47. The Kier molecular flexibility index (Phi) is 5.03. The van der Waals surface area contributed by atoms with Gasteiger partial charge >= 0.3 is 5.69 Å². The van der Waals surface area contributed by atoms with Crippen LogP contribution < -0.4 is 10.1 Å². The van der Waals surface area contributed by atoms with Gasteiger partial charge in [0, 0.05) is 6.54 Å². The second kappa shape index (κ2) is 7.18. The number of nitrogens with one attached hydrogen (secondary N) is 1. The first-order valence-corrected chi connectivity index (χ1v) is 6.62. The van der Waals surface area contributed by atoms with Gasteiger partial charge in [-0.15, -0.1) is 0 Å². The molecule has 0 atom stereocenters. The highest BCUT2D eigenvalue weighted by atomic mass is 16.6. The van der Waals surface area contributed by atoms with E-state index in [4.69, 9.17) is 4.74 Å². The number of nitrogens with zero attached hydrogens (tertiary/aromatic N) is 3. The summed E-state index contributed by atoms with van der Waals surface area (Å²) in [6, 6.07) is 9.40. The maximum atomic E-state index is 11.0. The molecule has 0 aliphatic carbocycles. The SMILES string of the molecule is CCCNc1ncc([N+](=O)[O-])c(OCc2ccccc2)n1. The van der Waals surface area contributed by atoms with Crippen LogP contribution in [0.1, 0.15) is 18.9 Å². The van der Waals surface area contributed by atoms with Crippen LogP contribution in [0.2, 0.25) is 0 Å². The zero-order valence-corrected chi connectivity index (χ0v) is 11.7. The highest BCUT2D eigenvalue weighted by Crippen LogP contribution is 2.25. The standard InChI is InChI=1S/C14H16N4O3/c1-2-8-15-14-16-9-12(18(19)20)13(17-14)21-10-11-6-4-3-5-7-11/h3-7,9H,2,8,10H2,1H3,(H,15,16,17). The van der Waals surface area contributed by atoms with Gasteiger partial charge in [-0.2, -0.15) is 4.98 Å². The lowest BCUT2D eigenvalue weighted by Gasteiger charge is -2.08. The first kappa shape index (κ1) is 14.7. The van der Waals surface area contributed by atoms with Gasteiger partial charge in [-0.05, 0) is 12.0 Å². The molecular formula is C14H16N4O3. The lowest BCUT2D eigenvalue weighted by molar-refractivity contribution is -0.386. The number of aromatic nitrogens is 2. The van der Waals surface area contributed by atoms with Crippen LogP contribution in [0.5, 0.6) is 5.88 Å². The first-order chi connectivity index (χ1) is 10.2. The van der Waals surface area contributed by atoms with E-state index >= 15 is 0 Å². The van der Waals surface area contributed by atoms with E-state index in [2.05, 4.69) is 15.3 Å². The minimum absolute atomic E-state index is 0.0301. The van der Waals surface area contributed by atoms with E-state index in [1.165, 1.54) is 0 Å². The quantitative estimate of drug-likeness (QED) is 0.622. The normalized spacial score (nSPS) is 10.1. The van der Waals surface area contributed by atoms with Crippen LogP contribution in [0.15, 0.2) is 36.5 Å². The number of hydrogen-bond donors (Lipinski definition) is 1. The van der Waals surface area contributed by atoms with Crippen molar-refractivity contribution in [1.29, 1.82) is 0 Å². The largest absolute Gasteiger partial charge is 0.468 e. The van der Waals surface area contributed by atoms with Gasteiger partial charge in [0.05, 0.1) is 4.92 Å². The summed E-state index contributed by atoms with van der Waals surface area (Å²) >= 11 is 0. The molecule has 1 aromatic carbocycles. The molecule has 0 saturated carbocycles. The monoisotopic (exact) mass is 288 g/mol. The molecule has 2 aromatic rings. The Labute approximate surface area is 122 Å².